The molecule has 19 heavy (non-hydrogen) atoms. The predicted molar refractivity (Wildman–Crippen MR) is 74.8 cm³/mol. The highest BCUT2D eigenvalue weighted by atomic mass is 79.9. The molecule has 0 aromatic heterocycles. The van der Waals surface area contributed by atoms with E-state index in [9.17, 15) is 9.59 Å². The number of piperidine rings is 1. The number of nitrogens with zero attached hydrogens (tertiary/aromatic N) is 1. The van der Waals surface area contributed by atoms with Crippen molar-refractivity contribution < 1.29 is 14.7 Å². The number of carbonyl (C=O) groups is 2. The molecule has 1 saturated heterocycles. The summed E-state index contributed by atoms with van der Waals surface area (Å²) < 4.78 is 0.944. The van der Waals surface area contributed by atoms with Gasteiger partial charge >= 0.3 is 5.97 Å². The SMILES string of the molecule is O=C(O)C1CCCN(C(=O)Cc2cccc(Br)c2)C1. The van der Waals surface area contributed by atoms with Crippen molar-refractivity contribution in [3.05, 3.63) is 34.3 Å². The Kier molecular flexibility index (Phi) is 4.58. The van der Waals surface area contributed by atoms with Crippen LogP contribution in [0.4, 0.5) is 0 Å². The molecule has 1 unspecified atom stereocenters. The lowest BCUT2D eigenvalue weighted by molar-refractivity contribution is -0.145. The van der Waals surface area contributed by atoms with Gasteiger partial charge in [-0.15, -0.1) is 0 Å². The molecule has 1 aliphatic rings. The molecule has 1 heterocycles. The van der Waals surface area contributed by atoms with E-state index in [1.54, 1.807) is 4.90 Å². The highest BCUT2D eigenvalue weighted by molar-refractivity contribution is 9.10. The van der Waals surface area contributed by atoms with Gasteiger partial charge in [-0.2, -0.15) is 0 Å². The van der Waals surface area contributed by atoms with E-state index in [0.717, 1.165) is 16.5 Å². The van der Waals surface area contributed by atoms with Gasteiger partial charge in [0, 0.05) is 17.6 Å². The summed E-state index contributed by atoms with van der Waals surface area (Å²) in [5.74, 6) is -1.22. The Labute approximate surface area is 120 Å². The molecular weight excluding hydrogens is 310 g/mol. The van der Waals surface area contributed by atoms with Gasteiger partial charge in [0.05, 0.1) is 12.3 Å². The van der Waals surface area contributed by atoms with E-state index in [-0.39, 0.29) is 5.91 Å². The smallest absolute Gasteiger partial charge is 0.308 e. The van der Waals surface area contributed by atoms with Crippen LogP contribution in [-0.4, -0.2) is 35.0 Å². The molecule has 102 valence electrons. The predicted octanol–water partition coefficient (Wildman–Crippen LogP) is 2.31. The Morgan fingerprint density at radius 1 is 1.42 bits per heavy atom. The normalized spacial score (nSPS) is 19.2. The summed E-state index contributed by atoms with van der Waals surface area (Å²) >= 11 is 3.37. The fourth-order valence-electron chi connectivity index (χ4n) is 2.34. The number of carboxylic acid groups (broad SMARTS) is 1. The van der Waals surface area contributed by atoms with Crippen LogP contribution in [0, 0.1) is 5.92 Å². The second kappa shape index (κ2) is 6.19. The number of likely N-dealkylation sites (tertiary alicyclic amines) is 1. The van der Waals surface area contributed by atoms with Crippen molar-refractivity contribution in [3.63, 3.8) is 0 Å². The van der Waals surface area contributed by atoms with Crippen molar-refractivity contribution in [1.82, 2.24) is 4.90 Å². The zero-order chi connectivity index (χ0) is 13.8. The second-order valence-electron chi connectivity index (χ2n) is 4.82. The number of rotatable bonds is 3. The molecule has 0 aliphatic carbocycles. The highest BCUT2D eigenvalue weighted by Gasteiger charge is 2.27. The summed E-state index contributed by atoms with van der Waals surface area (Å²) in [4.78, 5) is 24.8. The lowest BCUT2D eigenvalue weighted by atomic mass is 9.97. The molecule has 5 heteroatoms. The van der Waals surface area contributed by atoms with Crippen molar-refractivity contribution >= 4 is 27.8 Å². The maximum atomic E-state index is 12.2. The van der Waals surface area contributed by atoms with Crippen LogP contribution in [0.2, 0.25) is 0 Å². The van der Waals surface area contributed by atoms with Crippen LogP contribution in [-0.2, 0) is 16.0 Å². The molecule has 1 N–H and O–H groups in total. The average Bonchev–Trinajstić information content (AvgIpc) is 2.39. The molecule has 1 aromatic rings. The molecule has 0 bridgehead atoms. The van der Waals surface area contributed by atoms with E-state index in [2.05, 4.69) is 15.9 Å². The quantitative estimate of drug-likeness (QED) is 0.927. The highest BCUT2D eigenvalue weighted by Crippen LogP contribution is 2.18. The first-order chi connectivity index (χ1) is 9.06. The van der Waals surface area contributed by atoms with Crippen molar-refractivity contribution in [2.75, 3.05) is 13.1 Å². The molecule has 2 rings (SSSR count). The standard InChI is InChI=1S/C14H16BrNO3/c15-12-5-1-3-10(7-12)8-13(17)16-6-2-4-11(9-16)14(18)19/h1,3,5,7,11H,2,4,6,8-9H2,(H,18,19). The molecule has 1 fully saturated rings. The summed E-state index contributed by atoms with van der Waals surface area (Å²) in [6, 6.07) is 7.62. The molecule has 0 saturated carbocycles. The first-order valence-corrected chi connectivity index (χ1v) is 7.10. The molecule has 4 nitrogen and oxygen atoms in total. The van der Waals surface area contributed by atoms with Gasteiger partial charge in [0.2, 0.25) is 5.91 Å². The zero-order valence-electron chi connectivity index (χ0n) is 10.5. The number of amides is 1. The van der Waals surface area contributed by atoms with Crippen molar-refractivity contribution in [1.29, 1.82) is 0 Å². The van der Waals surface area contributed by atoms with Crippen LogP contribution in [0.5, 0.6) is 0 Å². The first-order valence-electron chi connectivity index (χ1n) is 6.31. The van der Waals surface area contributed by atoms with Gasteiger partial charge in [-0.1, -0.05) is 28.1 Å². The number of carboxylic acids is 1. The number of aliphatic carboxylic acids is 1. The molecule has 1 amide bonds. The van der Waals surface area contributed by atoms with Crippen molar-refractivity contribution in [2.45, 2.75) is 19.3 Å². The van der Waals surface area contributed by atoms with Crippen molar-refractivity contribution in [2.24, 2.45) is 5.92 Å². The number of hydrogen-bond acceptors (Lipinski definition) is 2. The molecule has 1 atom stereocenters. The Morgan fingerprint density at radius 3 is 2.89 bits per heavy atom. The van der Waals surface area contributed by atoms with E-state index in [1.807, 2.05) is 24.3 Å². The maximum Gasteiger partial charge on any atom is 0.308 e. The van der Waals surface area contributed by atoms with E-state index in [0.29, 0.717) is 25.9 Å². The van der Waals surface area contributed by atoms with Crippen molar-refractivity contribution in [3.8, 4) is 0 Å². The van der Waals surface area contributed by atoms with E-state index < -0.39 is 11.9 Å². The fraction of sp³-hybridized carbons (Fsp3) is 0.429. The fourth-order valence-corrected chi connectivity index (χ4v) is 2.79. The van der Waals surface area contributed by atoms with Crippen LogP contribution in [0.3, 0.4) is 0 Å². The summed E-state index contributed by atoms with van der Waals surface area (Å²) in [7, 11) is 0. The van der Waals surface area contributed by atoms with Gasteiger partial charge in [0.15, 0.2) is 0 Å². The lowest BCUT2D eigenvalue weighted by Gasteiger charge is -2.30. The topological polar surface area (TPSA) is 57.6 Å². The summed E-state index contributed by atoms with van der Waals surface area (Å²) in [5.41, 5.74) is 0.942. The average molecular weight is 326 g/mol. The molecular formula is C14H16BrNO3. The first kappa shape index (κ1) is 14.1. The minimum absolute atomic E-state index is 0.00375. The number of hydrogen-bond donors (Lipinski definition) is 1. The van der Waals surface area contributed by atoms with Gasteiger partial charge in [-0.3, -0.25) is 9.59 Å². The number of benzene rings is 1. The molecule has 1 aromatic carbocycles. The largest absolute Gasteiger partial charge is 0.481 e. The third-order valence-electron chi connectivity index (χ3n) is 3.37. The van der Waals surface area contributed by atoms with Gasteiger partial charge in [0.1, 0.15) is 0 Å². The van der Waals surface area contributed by atoms with Crippen LogP contribution in [0.25, 0.3) is 0 Å². The molecule has 0 radical (unpaired) electrons. The second-order valence-corrected chi connectivity index (χ2v) is 5.74. The van der Waals surface area contributed by atoms with Gasteiger partial charge in [0.25, 0.3) is 0 Å². The Balaban J connectivity index is 1.98. The van der Waals surface area contributed by atoms with E-state index in [4.69, 9.17) is 5.11 Å². The summed E-state index contributed by atoms with van der Waals surface area (Å²) in [6.45, 7) is 0.999. The summed E-state index contributed by atoms with van der Waals surface area (Å²) in [6.07, 6.45) is 1.75. The Morgan fingerprint density at radius 2 is 2.21 bits per heavy atom. The third kappa shape index (κ3) is 3.80. The Bertz CT molecular complexity index is 489. The monoisotopic (exact) mass is 325 g/mol. The lowest BCUT2D eigenvalue weighted by Crippen LogP contribution is -2.42. The minimum atomic E-state index is -0.806. The van der Waals surface area contributed by atoms with Gasteiger partial charge < -0.3 is 10.0 Å². The van der Waals surface area contributed by atoms with Crippen LogP contribution in [0.1, 0.15) is 18.4 Å². The van der Waals surface area contributed by atoms with E-state index in [1.165, 1.54) is 0 Å². The molecule has 1 aliphatic heterocycles. The minimum Gasteiger partial charge on any atom is -0.481 e. The van der Waals surface area contributed by atoms with Crippen LogP contribution < -0.4 is 0 Å². The van der Waals surface area contributed by atoms with E-state index >= 15 is 0 Å². The van der Waals surface area contributed by atoms with Gasteiger partial charge in [-0.25, -0.2) is 0 Å². The summed E-state index contributed by atoms with van der Waals surface area (Å²) in [5, 5.41) is 9.02. The maximum absolute atomic E-state index is 12.2. The Hall–Kier alpha value is -1.36. The third-order valence-corrected chi connectivity index (χ3v) is 3.86. The number of halogens is 1. The zero-order valence-corrected chi connectivity index (χ0v) is 12.1. The van der Waals surface area contributed by atoms with Crippen LogP contribution in [0.15, 0.2) is 28.7 Å². The van der Waals surface area contributed by atoms with Gasteiger partial charge in [-0.05, 0) is 30.5 Å². The van der Waals surface area contributed by atoms with Crippen LogP contribution >= 0.6 is 15.9 Å². The molecule has 0 spiro atoms. The number of carbonyl (C=O) groups excluding carboxylic acids is 1.